The number of aromatic nitrogens is 1. The molecule has 1 aromatic heterocycles. The van der Waals surface area contributed by atoms with Gasteiger partial charge in [-0.3, -0.25) is 0 Å². The van der Waals surface area contributed by atoms with Crippen LogP contribution in [-0.2, 0) is 6.42 Å². The highest BCUT2D eigenvalue weighted by Crippen LogP contribution is 2.20. The number of oxazole rings is 1. The van der Waals surface area contributed by atoms with Crippen LogP contribution < -0.4 is 5.32 Å². The van der Waals surface area contributed by atoms with Gasteiger partial charge >= 0.3 is 0 Å². The van der Waals surface area contributed by atoms with Crippen molar-refractivity contribution in [3.63, 3.8) is 0 Å². The largest absolute Gasteiger partial charge is 0.441 e. The summed E-state index contributed by atoms with van der Waals surface area (Å²) in [5, 5.41) is 20.2. The van der Waals surface area contributed by atoms with Crippen LogP contribution in [0.3, 0.4) is 0 Å². The lowest BCUT2D eigenvalue weighted by molar-refractivity contribution is 0.525. The summed E-state index contributed by atoms with van der Waals surface area (Å²) in [6, 6.07) is 9.01. The van der Waals surface area contributed by atoms with Gasteiger partial charge in [-0.05, 0) is 24.6 Å². The molecule has 0 bridgehead atoms. The summed E-state index contributed by atoms with van der Waals surface area (Å²) < 4.78 is 5.57. The Morgan fingerprint density at radius 3 is 2.89 bits per heavy atom. The van der Waals surface area contributed by atoms with Crippen LogP contribution in [0.15, 0.2) is 34.4 Å². The molecule has 0 fully saturated rings. The predicted octanol–water partition coefficient (Wildman–Crippen LogP) is 3.12. The van der Waals surface area contributed by atoms with E-state index in [9.17, 15) is 0 Å². The molecule has 94 valence electrons. The Hall–Kier alpha value is -2.79. The summed E-state index contributed by atoms with van der Waals surface area (Å²) in [5.41, 5.74) is 2.27. The molecule has 0 saturated carbocycles. The number of aryl methyl sites for hydroxylation is 1. The number of hydrogen-bond donors (Lipinski definition) is 1. The minimum absolute atomic E-state index is 0.0203. The molecule has 1 heterocycles. The van der Waals surface area contributed by atoms with E-state index in [4.69, 9.17) is 14.9 Å². The van der Waals surface area contributed by atoms with Gasteiger partial charge < -0.3 is 9.73 Å². The van der Waals surface area contributed by atoms with Crippen molar-refractivity contribution in [2.24, 2.45) is 0 Å². The Morgan fingerprint density at radius 1 is 1.42 bits per heavy atom. The average molecular weight is 252 g/mol. The molecule has 0 aliphatic rings. The molecule has 0 atom stereocenters. The maximum Gasteiger partial charge on any atom is 0.195 e. The zero-order chi connectivity index (χ0) is 13.7. The van der Waals surface area contributed by atoms with E-state index in [1.165, 1.54) is 6.20 Å². The molecule has 0 amide bonds. The number of nitriles is 2. The number of rotatable bonds is 4. The molecular formula is C14H12N4O. The third-order valence-electron chi connectivity index (χ3n) is 2.52. The molecule has 5 nitrogen and oxygen atoms in total. The highest BCUT2D eigenvalue weighted by Gasteiger charge is 2.05. The number of fused-ring (bicyclic) bond motifs is 1. The van der Waals surface area contributed by atoms with Crippen LogP contribution in [-0.4, -0.2) is 4.98 Å². The Kier molecular flexibility index (Phi) is 3.80. The Balaban J connectivity index is 2.25. The molecule has 2 aromatic rings. The molecular weight excluding hydrogens is 240 g/mol. The van der Waals surface area contributed by atoms with E-state index in [2.05, 4.69) is 17.2 Å². The molecule has 0 aliphatic carbocycles. The summed E-state index contributed by atoms with van der Waals surface area (Å²) in [5.74, 6) is 0.722. The quantitative estimate of drug-likeness (QED) is 0.845. The van der Waals surface area contributed by atoms with Gasteiger partial charge in [0.05, 0.1) is 0 Å². The fourth-order valence-corrected chi connectivity index (χ4v) is 1.63. The SMILES string of the molecule is CCCc1nc2cc(NC=C(C#N)C#N)ccc2o1. The molecule has 0 saturated heterocycles. The number of allylic oxidation sites excluding steroid dienone is 1. The van der Waals surface area contributed by atoms with Gasteiger partial charge in [-0.15, -0.1) is 0 Å². The lowest BCUT2D eigenvalue weighted by Crippen LogP contribution is -1.89. The second kappa shape index (κ2) is 5.70. The fraction of sp³-hybridized carbons (Fsp3) is 0.214. The van der Waals surface area contributed by atoms with E-state index >= 15 is 0 Å². The lowest BCUT2D eigenvalue weighted by Gasteiger charge is -1.98. The van der Waals surface area contributed by atoms with Crippen LogP contribution in [0.2, 0.25) is 0 Å². The van der Waals surface area contributed by atoms with E-state index in [-0.39, 0.29) is 5.57 Å². The van der Waals surface area contributed by atoms with Crippen LogP contribution in [0.25, 0.3) is 11.1 Å². The maximum atomic E-state index is 8.63. The zero-order valence-corrected chi connectivity index (χ0v) is 10.5. The number of hydrogen-bond acceptors (Lipinski definition) is 5. The van der Waals surface area contributed by atoms with Gasteiger partial charge in [0.1, 0.15) is 23.2 Å². The Bertz CT molecular complexity index is 684. The van der Waals surface area contributed by atoms with E-state index in [1.807, 2.05) is 18.2 Å². The number of benzene rings is 1. The highest BCUT2D eigenvalue weighted by atomic mass is 16.3. The minimum atomic E-state index is 0.0203. The Morgan fingerprint density at radius 2 is 2.21 bits per heavy atom. The molecule has 2 rings (SSSR count). The highest BCUT2D eigenvalue weighted by molar-refractivity contribution is 5.77. The van der Waals surface area contributed by atoms with Gasteiger partial charge in [0, 0.05) is 18.3 Å². The normalized spacial score (nSPS) is 9.63. The van der Waals surface area contributed by atoms with Crippen LogP contribution >= 0.6 is 0 Å². The average Bonchev–Trinajstić information content (AvgIpc) is 2.82. The number of nitrogens with one attached hydrogen (secondary N) is 1. The van der Waals surface area contributed by atoms with Crippen molar-refractivity contribution in [1.29, 1.82) is 10.5 Å². The number of anilines is 1. The topological polar surface area (TPSA) is 85.6 Å². The summed E-state index contributed by atoms with van der Waals surface area (Å²) >= 11 is 0. The molecule has 0 unspecified atom stereocenters. The molecule has 1 aromatic carbocycles. The first-order valence-corrected chi connectivity index (χ1v) is 5.93. The summed E-state index contributed by atoms with van der Waals surface area (Å²) in [7, 11) is 0. The summed E-state index contributed by atoms with van der Waals surface area (Å²) in [4.78, 5) is 4.37. The molecule has 0 spiro atoms. The molecule has 0 radical (unpaired) electrons. The van der Waals surface area contributed by atoms with Gasteiger partial charge in [0.2, 0.25) is 0 Å². The maximum absolute atomic E-state index is 8.63. The van der Waals surface area contributed by atoms with Gasteiger partial charge in [-0.25, -0.2) is 4.98 Å². The third-order valence-corrected chi connectivity index (χ3v) is 2.52. The Labute approximate surface area is 110 Å². The third kappa shape index (κ3) is 2.91. The van der Waals surface area contributed by atoms with E-state index in [0.29, 0.717) is 0 Å². The number of nitrogens with zero attached hydrogens (tertiary/aromatic N) is 3. The second-order valence-electron chi connectivity index (χ2n) is 3.97. The monoisotopic (exact) mass is 252 g/mol. The first-order valence-electron chi connectivity index (χ1n) is 5.93. The molecule has 19 heavy (non-hydrogen) atoms. The molecule has 0 aliphatic heterocycles. The van der Waals surface area contributed by atoms with Crippen molar-refractivity contribution in [3.8, 4) is 12.1 Å². The van der Waals surface area contributed by atoms with Crippen molar-refractivity contribution in [3.05, 3.63) is 35.9 Å². The van der Waals surface area contributed by atoms with E-state index in [0.717, 1.165) is 35.5 Å². The standard InChI is InChI=1S/C14H12N4O/c1-2-3-14-18-12-6-11(4-5-13(12)19-14)17-9-10(7-15)8-16/h4-6,9,17H,2-3H2,1H3. The van der Waals surface area contributed by atoms with Crippen LogP contribution in [0.1, 0.15) is 19.2 Å². The van der Waals surface area contributed by atoms with E-state index < -0.39 is 0 Å². The van der Waals surface area contributed by atoms with Crippen LogP contribution in [0.4, 0.5) is 5.69 Å². The first-order chi connectivity index (χ1) is 9.26. The smallest absolute Gasteiger partial charge is 0.195 e. The fourth-order valence-electron chi connectivity index (χ4n) is 1.63. The van der Waals surface area contributed by atoms with Crippen molar-refractivity contribution in [2.45, 2.75) is 19.8 Å². The first kappa shape index (κ1) is 12.7. The van der Waals surface area contributed by atoms with Crippen molar-refractivity contribution < 1.29 is 4.42 Å². The van der Waals surface area contributed by atoms with E-state index in [1.54, 1.807) is 12.1 Å². The van der Waals surface area contributed by atoms with Gasteiger partial charge in [0.25, 0.3) is 0 Å². The van der Waals surface area contributed by atoms with Crippen molar-refractivity contribution in [1.82, 2.24) is 4.98 Å². The zero-order valence-electron chi connectivity index (χ0n) is 10.5. The van der Waals surface area contributed by atoms with Gasteiger partial charge in [0.15, 0.2) is 11.5 Å². The van der Waals surface area contributed by atoms with Crippen LogP contribution in [0, 0.1) is 22.7 Å². The predicted molar refractivity (Wildman–Crippen MR) is 70.9 cm³/mol. The molecule has 5 heteroatoms. The summed E-state index contributed by atoms with van der Waals surface area (Å²) in [6.07, 6.45) is 3.16. The molecule has 1 N–H and O–H groups in total. The lowest BCUT2D eigenvalue weighted by atomic mass is 10.3. The van der Waals surface area contributed by atoms with Gasteiger partial charge in [-0.2, -0.15) is 10.5 Å². The van der Waals surface area contributed by atoms with Crippen LogP contribution in [0.5, 0.6) is 0 Å². The van der Waals surface area contributed by atoms with Crippen molar-refractivity contribution in [2.75, 3.05) is 5.32 Å². The second-order valence-corrected chi connectivity index (χ2v) is 3.97. The van der Waals surface area contributed by atoms with Crippen molar-refractivity contribution >= 4 is 16.8 Å². The van der Waals surface area contributed by atoms with Gasteiger partial charge in [-0.1, -0.05) is 6.92 Å². The summed E-state index contributed by atoms with van der Waals surface area (Å²) in [6.45, 7) is 2.07. The minimum Gasteiger partial charge on any atom is -0.441 e.